The first-order chi connectivity index (χ1) is 5.42. The van der Waals surface area contributed by atoms with Gasteiger partial charge in [0.2, 0.25) is 0 Å². The second-order valence-corrected chi connectivity index (χ2v) is 3.35. The summed E-state index contributed by atoms with van der Waals surface area (Å²) in [5.74, 6) is 0. The summed E-state index contributed by atoms with van der Waals surface area (Å²) in [7, 11) is 0. The highest BCUT2D eigenvalue weighted by atomic mass is 32.1. The van der Waals surface area contributed by atoms with Crippen LogP contribution in [0, 0.1) is 0 Å². The summed E-state index contributed by atoms with van der Waals surface area (Å²) in [6.07, 6.45) is 0. The van der Waals surface area contributed by atoms with Crippen LogP contribution in [0.25, 0.3) is 10.1 Å². The van der Waals surface area contributed by atoms with Crippen molar-refractivity contribution in [3.63, 3.8) is 0 Å². The molecule has 0 saturated heterocycles. The number of rotatable bonds is 1. The molecule has 1 nitrogen and oxygen atoms in total. The van der Waals surface area contributed by atoms with Crippen molar-refractivity contribution in [2.75, 3.05) is 0 Å². The van der Waals surface area contributed by atoms with Crippen LogP contribution in [0.2, 0.25) is 0 Å². The van der Waals surface area contributed by atoms with E-state index in [9.17, 15) is 0 Å². The number of fused-ring (bicyclic) bond motifs is 1. The van der Waals surface area contributed by atoms with Crippen molar-refractivity contribution in [3.05, 3.63) is 35.2 Å². The Bertz CT molecular complexity index is 364. The van der Waals surface area contributed by atoms with E-state index in [-0.39, 0.29) is 0 Å². The Morgan fingerprint density at radius 1 is 1.27 bits per heavy atom. The Balaban J connectivity index is 2.76. The largest absolute Gasteiger partial charge is 0.253 e. The molecule has 1 aromatic heterocycles. The Hall–Kier alpha value is -0.860. The lowest BCUT2D eigenvalue weighted by Gasteiger charge is -1.90. The van der Waals surface area contributed by atoms with Gasteiger partial charge in [0.15, 0.2) is 0 Å². The van der Waals surface area contributed by atoms with Gasteiger partial charge < -0.3 is 0 Å². The molecule has 0 aliphatic heterocycles. The Labute approximate surface area is 69.5 Å². The van der Waals surface area contributed by atoms with Crippen molar-refractivity contribution in [2.45, 2.75) is 6.54 Å². The van der Waals surface area contributed by atoms with Gasteiger partial charge in [-0.25, -0.2) is 0 Å². The smallest absolute Gasteiger partial charge is 0.0365 e. The predicted molar refractivity (Wildman–Crippen MR) is 48.6 cm³/mol. The van der Waals surface area contributed by atoms with Crippen molar-refractivity contribution >= 4 is 21.4 Å². The number of hydrogen-bond acceptors (Lipinski definition) is 1. The Morgan fingerprint density at radius 3 is 2.91 bits per heavy atom. The van der Waals surface area contributed by atoms with E-state index in [0.29, 0.717) is 6.54 Å². The number of thiophene rings is 1. The zero-order valence-corrected chi connectivity index (χ0v) is 6.82. The van der Waals surface area contributed by atoms with Gasteiger partial charge in [-0.2, -0.15) is 0 Å². The number of benzene rings is 1. The van der Waals surface area contributed by atoms with E-state index >= 15 is 0 Å². The van der Waals surface area contributed by atoms with Gasteiger partial charge in [0.25, 0.3) is 0 Å². The third-order valence-electron chi connectivity index (χ3n) is 1.75. The predicted octanol–water partition coefficient (Wildman–Crippen LogP) is 2.68. The van der Waals surface area contributed by atoms with Gasteiger partial charge in [-0.3, -0.25) is 5.73 Å². The van der Waals surface area contributed by atoms with Crippen molar-refractivity contribution < 1.29 is 0 Å². The van der Waals surface area contributed by atoms with Gasteiger partial charge in [-0.1, -0.05) is 18.2 Å². The first-order valence-electron chi connectivity index (χ1n) is 3.51. The van der Waals surface area contributed by atoms with E-state index < -0.39 is 0 Å². The quantitative estimate of drug-likeness (QED) is 0.615. The van der Waals surface area contributed by atoms with Crippen LogP contribution in [0.1, 0.15) is 5.56 Å². The molecule has 0 fully saturated rings. The van der Waals surface area contributed by atoms with E-state index in [1.54, 1.807) is 11.3 Å². The molecular weight excluding hydrogens is 154 g/mol. The highest BCUT2D eigenvalue weighted by Gasteiger charge is 1.99. The minimum Gasteiger partial charge on any atom is -0.253 e. The van der Waals surface area contributed by atoms with Crippen LogP contribution in [0.5, 0.6) is 0 Å². The molecule has 0 amide bonds. The van der Waals surface area contributed by atoms with Crippen LogP contribution in [-0.4, -0.2) is 0 Å². The van der Waals surface area contributed by atoms with Gasteiger partial charge in [0.05, 0.1) is 0 Å². The molecule has 11 heavy (non-hydrogen) atoms. The summed E-state index contributed by atoms with van der Waals surface area (Å²) in [6.45, 7) is 0.393. The first-order valence-corrected chi connectivity index (χ1v) is 4.39. The average molecular weight is 162 g/mol. The van der Waals surface area contributed by atoms with Gasteiger partial charge in [-0.05, 0) is 22.4 Å². The molecule has 0 saturated carbocycles. The Morgan fingerprint density at radius 2 is 2.09 bits per heavy atom. The van der Waals surface area contributed by atoms with Gasteiger partial charge in [-0.15, -0.1) is 11.3 Å². The van der Waals surface area contributed by atoms with Crippen molar-refractivity contribution in [2.24, 2.45) is 0 Å². The third-order valence-corrected chi connectivity index (χ3v) is 2.76. The lowest BCUT2D eigenvalue weighted by atomic mass is 10.2. The normalized spacial score (nSPS) is 10.6. The molecule has 0 atom stereocenters. The minimum absolute atomic E-state index is 0.393. The van der Waals surface area contributed by atoms with Crippen LogP contribution < -0.4 is 5.73 Å². The average Bonchev–Trinajstić information content (AvgIpc) is 2.47. The second kappa shape index (κ2) is 2.64. The maximum atomic E-state index is 7.25. The number of hydrogen-bond donors (Lipinski definition) is 0. The van der Waals surface area contributed by atoms with Gasteiger partial charge in [0.1, 0.15) is 0 Å². The van der Waals surface area contributed by atoms with Crippen molar-refractivity contribution in [3.8, 4) is 0 Å². The van der Waals surface area contributed by atoms with Crippen LogP contribution in [0.4, 0.5) is 0 Å². The molecule has 0 aliphatic carbocycles. The van der Waals surface area contributed by atoms with Crippen LogP contribution in [0.15, 0.2) is 29.6 Å². The highest BCUT2D eigenvalue weighted by Crippen LogP contribution is 2.24. The summed E-state index contributed by atoms with van der Waals surface area (Å²) in [4.78, 5) is 0. The lowest BCUT2D eigenvalue weighted by Crippen LogP contribution is -1.79. The van der Waals surface area contributed by atoms with Gasteiger partial charge in [0, 0.05) is 11.2 Å². The van der Waals surface area contributed by atoms with Gasteiger partial charge >= 0.3 is 0 Å². The summed E-state index contributed by atoms with van der Waals surface area (Å²) >= 11 is 1.72. The van der Waals surface area contributed by atoms with Crippen molar-refractivity contribution in [1.29, 1.82) is 0 Å². The molecule has 0 bridgehead atoms. The minimum atomic E-state index is 0.393. The summed E-state index contributed by atoms with van der Waals surface area (Å²) in [6, 6.07) is 8.23. The fourth-order valence-electron chi connectivity index (χ4n) is 1.17. The lowest BCUT2D eigenvalue weighted by molar-refractivity contribution is 1.05. The van der Waals surface area contributed by atoms with Crippen molar-refractivity contribution in [1.82, 2.24) is 5.73 Å². The van der Waals surface area contributed by atoms with E-state index in [1.807, 2.05) is 12.1 Å². The second-order valence-electron chi connectivity index (χ2n) is 2.43. The fourth-order valence-corrected chi connectivity index (χ4v) is 2.13. The van der Waals surface area contributed by atoms with Crippen LogP contribution >= 0.6 is 11.3 Å². The number of nitrogens with one attached hydrogen (secondary N) is 1. The summed E-state index contributed by atoms with van der Waals surface area (Å²) < 4.78 is 1.29. The summed E-state index contributed by atoms with van der Waals surface area (Å²) in [5, 5.41) is 3.31. The van der Waals surface area contributed by atoms with E-state index in [4.69, 9.17) is 5.73 Å². The SMILES string of the molecule is [NH]Cc1csc2ccccc12. The maximum Gasteiger partial charge on any atom is 0.0365 e. The summed E-state index contributed by atoms with van der Waals surface area (Å²) in [5.41, 5.74) is 8.39. The monoisotopic (exact) mass is 162 g/mol. The molecular formula is C9H8NS. The highest BCUT2D eigenvalue weighted by molar-refractivity contribution is 7.17. The molecule has 1 aromatic carbocycles. The van der Waals surface area contributed by atoms with E-state index in [0.717, 1.165) is 5.56 Å². The van der Waals surface area contributed by atoms with Crippen LogP contribution in [-0.2, 0) is 6.54 Å². The molecule has 2 aromatic rings. The van der Waals surface area contributed by atoms with E-state index in [2.05, 4.69) is 17.5 Å². The molecule has 1 radical (unpaired) electrons. The molecule has 0 unspecified atom stereocenters. The maximum absolute atomic E-state index is 7.25. The first kappa shape index (κ1) is 6.83. The molecule has 2 rings (SSSR count). The fraction of sp³-hybridized carbons (Fsp3) is 0.111. The van der Waals surface area contributed by atoms with E-state index in [1.165, 1.54) is 10.1 Å². The molecule has 0 aliphatic rings. The zero-order chi connectivity index (χ0) is 7.68. The van der Waals surface area contributed by atoms with Crippen LogP contribution in [0.3, 0.4) is 0 Å². The standard InChI is InChI=1S/C9H8NS/c10-5-7-6-11-9-4-2-1-3-8(7)9/h1-4,6,10H,5H2. The molecule has 1 heterocycles. The molecule has 2 heteroatoms. The Kier molecular flexibility index (Phi) is 1.64. The molecule has 1 N–H and O–H groups in total. The third kappa shape index (κ3) is 1.04. The zero-order valence-electron chi connectivity index (χ0n) is 6.00. The topological polar surface area (TPSA) is 23.8 Å². The molecule has 0 spiro atoms. The molecule has 55 valence electrons.